The van der Waals surface area contributed by atoms with Gasteiger partial charge in [0.2, 0.25) is 0 Å². The van der Waals surface area contributed by atoms with E-state index >= 15 is 4.39 Å². The van der Waals surface area contributed by atoms with Crippen molar-refractivity contribution in [2.24, 2.45) is 0 Å². The quantitative estimate of drug-likeness (QED) is 0.457. The number of fused-ring (bicyclic) bond motifs is 2. The third-order valence-electron chi connectivity index (χ3n) is 5.39. The minimum atomic E-state index is -3.01. The summed E-state index contributed by atoms with van der Waals surface area (Å²) in [6.07, 6.45) is 0. The van der Waals surface area contributed by atoms with Crippen LogP contribution in [0.5, 0.6) is 6.01 Å². The number of nitrogens with zero attached hydrogens (tertiary/aromatic N) is 4. The Morgan fingerprint density at radius 1 is 1.27 bits per heavy atom. The number of halogens is 4. The zero-order valence-electron chi connectivity index (χ0n) is 17.3. The Bertz CT molecular complexity index is 1380. The number of nitrogen functional groups attached to an aromatic ring is 1. The van der Waals surface area contributed by atoms with Crippen molar-refractivity contribution in [1.29, 1.82) is 0 Å². The molecule has 0 amide bonds. The van der Waals surface area contributed by atoms with Crippen LogP contribution in [0.25, 0.3) is 33.1 Å². The normalized spacial score (nSPS) is 16.3. The molecule has 0 saturated carbocycles. The number of benzene rings is 2. The van der Waals surface area contributed by atoms with Gasteiger partial charge >= 0.3 is 6.01 Å². The molecule has 1 saturated heterocycles. The van der Waals surface area contributed by atoms with Gasteiger partial charge in [0.25, 0.3) is 11.9 Å². The summed E-state index contributed by atoms with van der Waals surface area (Å²) in [4.78, 5) is 13.8. The molecule has 1 aliphatic heterocycles. The van der Waals surface area contributed by atoms with Crippen molar-refractivity contribution in [3.63, 3.8) is 0 Å². The summed E-state index contributed by atoms with van der Waals surface area (Å²) in [5, 5.41) is 2.90. The second-order valence-electron chi connectivity index (χ2n) is 7.64. The molecule has 2 aromatic heterocycles. The lowest BCUT2D eigenvalue weighted by molar-refractivity contribution is 0.0156. The van der Waals surface area contributed by atoms with Crippen molar-refractivity contribution in [3.05, 3.63) is 35.1 Å². The van der Waals surface area contributed by atoms with E-state index in [9.17, 15) is 8.78 Å². The zero-order chi connectivity index (χ0) is 23.3. The number of rotatable bonds is 3. The molecule has 4 aromatic rings. The lowest BCUT2D eigenvalue weighted by atomic mass is 10.0. The van der Waals surface area contributed by atoms with Gasteiger partial charge in [0.05, 0.1) is 25.2 Å². The topological polar surface area (TPSA) is 102 Å². The smallest absolute Gasteiger partial charge is 0.318 e. The molecule has 12 heteroatoms. The predicted octanol–water partition coefficient (Wildman–Crippen LogP) is 3.87. The molecule has 8 nitrogen and oxygen atoms in total. The standard InChI is InChI=1S/C21H18ClF3N6O2/c1-32-20-29-16-11(18(30-20)31-6-5-27-8-21(24,25)9-31)7-12(22)14(15(16)23)10-3-2-4-13-17(10)33-19(26)28-13/h2-4,7,27H,5-6,8-9H2,1H3,(H2,26,28). The van der Waals surface area contributed by atoms with Gasteiger partial charge in [0, 0.05) is 29.6 Å². The maximum Gasteiger partial charge on any atom is 0.318 e. The van der Waals surface area contributed by atoms with Crippen LogP contribution in [-0.4, -0.2) is 54.2 Å². The van der Waals surface area contributed by atoms with Gasteiger partial charge in [0.15, 0.2) is 11.4 Å². The molecule has 1 aliphatic rings. The number of anilines is 2. The molecule has 0 radical (unpaired) electrons. The monoisotopic (exact) mass is 478 g/mol. The van der Waals surface area contributed by atoms with Crippen LogP contribution in [-0.2, 0) is 0 Å². The Labute approximate surface area is 190 Å². The Balaban J connectivity index is 1.76. The van der Waals surface area contributed by atoms with Crippen LogP contribution in [0, 0.1) is 5.82 Å². The number of hydrogen-bond acceptors (Lipinski definition) is 8. The van der Waals surface area contributed by atoms with Crippen LogP contribution in [0.3, 0.4) is 0 Å². The van der Waals surface area contributed by atoms with Crippen molar-refractivity contribution in [2.45, 2.75) is 5.92 Å². The van der Waals surface area contributed by atoms with E-state index in [0.717, 1.165) is 0 Å². The summed E-state index contributed by atoms with van der Waals surface area (Å²) in [7, 11) is 1.32. The number of aromatic nitrogens is 3. The van der Waals surface area contributed by atoms with Crippen LogP contribution in [0.4, 0.5) is 25.0 Å². The Hall–Kier alpha value is -3.31. The molecule has 172 valence electrons. The fourth-order valence-corrected chi connectivity index (χ4v) is 4.28. The van der Waals surface area contributed by atoms with Gasteiger partial charge in [-0.2, -0.15) is 15.0 Å². The molecular weight excluding hydrogens is 461 g/mol. The Kier molecular flexibility index (Phi) is 5.17. The molecule has 0 spiro atoms. The lowest BCUT2D eigenvalue weighted by Crippen LogP contribution is -2.39. The van der Waals surface area contributed by atoms with E-state index in [0.29, 0.717) is 17.6 Å². The number of methoxy groups -OCH3 is 1. The molecule has 0 atom stereocenters. The molecule has 0 aliphatic carbocycles. The van der Waals surface area contributed by atoms with Gasteiger partial charge in [-0.25, -0.2) is 13.2 Å². The largest absolute Gasteiger partial charge is 0.467 e. The first-order valence-corrected chi connectivity index (χ1v) is 10.4. The molecule has 3 heterocycles. The van der Waals surface area contributed by atoms with Crippen molar-refractivity contribution in [1.82, 2.24) is 20.3 Å². The summed E-state index contributed by atoms with van der Waals surface area (Å²) in [5.41, 5.74) is 6.57. The molecule has 33 heavy (non-hydrogen) atoms. The van der Waals surface area contributed by atoms with Crippen LogP contribution < -0.4 is 20.7 Å². The molecule has 5 rings (SSSR count). The lowest BCUT2D eigenvalue weighted by Gasteiger charge is -2.26. The number of nitrogens with two attached hydrogens (primary N) is 1. The SMILES string of the molecule is COc1nc(N2CCNCC(F)(F)C2)c2cc(Cl)c(-c3cccc4nc(N)oc34)c(F)c2n1. The Morgan fingerprint density at radius 3 is 2.88 bits per heavy atom. The highest BCUT2D eigenvalue weighted by atomic mass is 35.5. The van der Waals surface area contributed by atoms with Crippen molar-refractivity contribution >= 4 is 45.4 Å². The fraction of sp³-hybridized carbons (Fsp3) is 0.286. The zero-order valence-corrected chi connectivity index (χ0v) is 18.1. The van der Waals surface area contributed by atoms with Crippen molar-refractivity contribution < 1.29 is 22.3 Å². The van der Waals surface area contributed by atoms with Crippen LogP contribution in [0.15, 0.2) is 28.7 Å². The van der Waals surface area contributed by atoms with Gasteiger partial charge in [-0.3, -0.25) is 0 Å². The second kappa shape index (κ2) is 7.92. The second-order valence-corrected chi connectivity index (χ2v) is 8.04. The summed E-state index contributed by atoms with van der Waals surface area (Å²) in [5.74, 6) is -3.68. The number of nitrogens with one attached hydrogen (secondary N) is 1. The predicted molar refractivity (Wildman–Crippen MR) is 119 cm³/mol. The highest BCUT2D eigenvalue weighted by Gasteiger charge is 2.35. The number of hydrogen-bond donors (Lipinski definition) is 2. The third kappa shape index (κ3) is 3.76. The van der Waals surface area contributed by atoms with E-state index in [-0.39, 0.29) is 51.5 Å². The minimum absolute atomic E-state index is 0.0143. The van der Waals surface area contributed by atoms with Crippen molar-refractivity contribution in [3.8, 4) is 17.1 Å². The van der Waals surface area contributed by atoms with Crippen LogP contribution in [0.1, 0.15) is 0 Å². The number of oxazole rings is 1. The van der Waals surface area contributed by atoms with Gasteiger partial charge < -0.3 is 25.1 Å². The molecule has 2 aromatic carbocycles. The summed E-state index contributed by atoms with van der Waals surface area (Å²) in [6.45, 7) is -0.546. The maximum absolute atomic E-state index is 15.9. The highest BCUT2D eigenvalue weighted by molar-refractivity contribution is 6.34. The van der Waals surface area contributed by atoms with E-state index in [1.807, 2.05) is 0 Å². The van der Waals surface area contributed by atoms with Crippen molar-refractivity contribution in [2.75, 3.05) is 43.9 Å². The average molecular weight is 479 g/mol. The van der Waals surface area contributed by atoms with E-state index in [4.69, 9.17) is 26.5 Å². The first-order valence-electron chi connectivity index (χ1n) is 10.00. The first-order chi connectivity index (χ1) is 15.8. The van der Waals surface area contributed by atoms with E-state index in [2.05, 4.69) is 20.3 Å². The van der Waals surface area contributed by atoms with E-state index in [1.54, 1.807) is 18.2 Å². The Morgan fingerprint density at radius 2 is 2.09 bits per heavy atom. The average Bonchev–Trinajstić information content (AvgIpc) is 3.06. The van der Waals surface area contributed by atoms with E-state index < -0.39 is 24.8 Å². The van der Waals surface area contributed by atoms with Gasteiger partial charge in [0.1, 0.15) is 16.9 Å². The molecule has 0 unspecified atom stereocenters. The summed E-state index contributed by atoms with van der Waals surface area (Å²) >= 11 is 6.52. The highest BCUT2D eigenvalue weighted by Crippen LogP contribution is 2.41. The molecule has 1 fully saturated rings. The fourth-order valence-electron chi connectivity index (χ4n) is 3.98. The van der Waals surface area contributed by atoms with E-state index in [1.165, 1.54) is 18.1 Å². The molecular formula is C21H18ClF3N6O2. The third-order valence-corrected chi connectivity index (χ3v) is 5.69. The summed E-state index contributed by atoms with van der Waals surface area (Å²) in [6, 6.07) is 6.17. The molecule has 3 N–H and O–H groups in total. The minimum Gasteiger partial charge on any atom is -0.467 e. The van der Waals surface area contributed by atoms with Crippen LogP contribution >= 0.6 is 11.6 Å². The number of alkyl halides is 2. The maximum atomic E-state index is 15.9. The van der Waals surface area contributed by atoms with Gasteiger partial charge in [-0.15, -0.1) is 0 Å². The first kappa shape index (κ1) is 21.5. The number of ether oxygens (including phenoxy) is 1. The molecule has 0 bridgehead atoms. The summed E-state index contributed by atoms with van der Waals surface area (Å²) < 4.78 is 55.1. The number of para-hydroxylation sites is 1. The van der Waals surface area contributed by atoms with Gasteiger partial charge in [-0.1, -0.05) is 23.7 Å². The van der Waals surface area contributed by atoms with Crippen LogP contribution in [0.2, 0.25) is 5.02 Å². The van der Waals surface area contributed by atoms with Gasteiger partial charge in [-0.05, 0) is 12.1 Å².